The van der Waals surface area contributed by atoms with Gasteiger partial charge in [-0.15, -0.1) is 0 Å². The summed E-state index contributed by atoms with van der Waals surface area (Å²) in [5.41, 5.74) is 3.74. The van der Waals surface area contributed by atoms with E-state index >= 15 is 0 Å². The van der Waals surface area contributed by atoms with Gasteiger partial charge in [-0.3, -0.25) is 4.79 Å². The highest BCUT2D eigenvalue weighted by molar-refractivity contribution is 6.30. The fourth-order valence-electron chi connectivity index (χ4n) is 3.51. The summed E-state index contributed by atoms with van der Waals surface area (Å²) in [5, 5.41) is 23.2. The Kier molecular flexibility index (Phi) is 6.03. The molecule has 0 bridgehead atoms. The molecule has 0 aliphatic heterocycles. The van der Waals surface area contributed by atoms with Crippen molar-refractivity contribution >= 4 is 40.2 Å². The normalized spacial score (nSPS) is 11.0. The number of nitrogens with zero attached hydrogens (tertiary/aromatic N) is 3. The van der Waals surface area contributed by atoms with E-state index in [1.165, 1.54) is 0 Å². The summed E-state index contributed by atoms with van der Waals surface area (Å²) in [4.78, 5) is 12.7. The Labute approximate surface area is 190 Å². The molecule has 154 valence electrons. The Morgan fingerprint density at radius 1 is 1.00 bits per heavy atom. The van der Waals surface area contributed by atoms with Gasteiger partial charge in [0.05, 0.1) is 11.6 Å². The summed E-state index contributed by atoms with van der Waals surface area (Å²) in [7, 11) is 0. The molecule has 4 aromatic rings. The Bertz CT molecular complexity index is 1420. The van der Waals surface area contributed by atoms with E-state index in [1.807, 2.05) is 59.3 Å². The maximum absolute atomic E-state index is 12.7. The molecule has 32 heavy (non-hydrogen) atoms. The number of fused-ring (bicyclic) bond motifs is 1. The van der Waals surface area contributed by atoms with Crippen molar-refractivity contribution in [3.8, 4) is 12.1 Å². The van der Waals surface area contributed by atoms with Gasteiger partial charge in [0, 0.05) is 39.9 Å². The average Bonchev–Trinajstić information content (AvgIpc) is 3.16. The predicted octanol–water partition coefficient (Wildman–Crippen LogP) is 5.76. The van der Waals surface area contributed by atoms with Gasteiger partial charge in [-0.05, 0) is 48.0 Å². The van der Waals surface area contributed by atoms with E-state index in [-0.39, 0.29) is 5.57 Å². The molecule has 0 aliphatic rings. The lowest BCUT2D eigenvalue weighted by Gasteiger charge is -2.07. The summed E-state index contributed by atoms with van der Waals surface area (Å²) in [6, 6.07) is 26.1. The van der Waals surface area contributed by atoms with Crippen LogP contribution in [0.5, 0.6) is 0 Å². The largest absolute Gasteiger partial charge is 0.342 e. The van der Waals surface area contributed by atoms with Gasteiger partial charge in [0.25, 0.3) is 5.91 Å². The van der Waals surface area contributed by atoms with Crippen molar-refractivity contribution < 1.29 is 4.79 Å². The van der Waals surface area contributed by atoms with Crippen molar-refractivity contribution in [2.75, 3.05) is 5.32 Å². The first-order valence-electron chi connectivity index (χ1n) is 9.83. The number of amides is 1. The second-order valence-electron chi connectivity index (χ2n) is 7.13. The zero-order valence-electron chi connectivity index (χ0n) is 16.9. The Hall–Kier alpha value is -4.32. The molecule has 1 heterocycles. The van der Waals surface area contributed by atoms with Crippen LogP contribution < -0.4 is 5.32 Å². The van der Waals surface area contributed by atoms with Crippen LogP contribution in [0, 0.1) is 22.7 Å². The number of nitriles is 2. The van der Waals surface area contributed by atoms with Gasteiger partial charge in [-0.25, -0.2) is 0 Å². The van der Waals surface area contributed by atoms with Crippen LogP contribution in [0.4, 0.5) is 5.69 Å². The molecule has 0 spiro atoms. The van der Waals surface area contributed by atoms with Crippen molar-refractivity contribution in [3.05, 3.63) is 106 Å². The number of hydrogen-bond acceptors (Lipinski definition) is 3. The molecule has 1 amide bonds. The molecule has 4 rings (SSSR count). The summed E-state index contributed by atoms with van der Waals surface area (Å²) in [6.07, 6.45) is 3.48. The highest BCUT2D eigenvalue weighted by atomic mass is 35.5. The van der Waals surface area contributed by atoms with Crippen LogP contribution in [0.25, 0.3) is 17.0 Å². The van der Waals surface area contributed by atoms with E-state index in [0.717, 1.165) is 22.0 Å². The van der Waals surface area contributed by atoms with Gasteiger partial charge in [0.1, 0.15) is 11.6 Å². The maximum Gasteiger partial charge on any atom is 0.266 e. The van der Waals surface area contributed by atoms with Crippen molar-refractivity contribution in [1.82, 2.24) is 4.57 Å². The molecular formula is C26H17ClN4O. The lowest BCUT2D eigenvalue weighted by molar-refractivity contribution is -0.112. The topological polar surface area (TPSA) is 81.6 Å². The van der Waals surface area contributed by atoms with Gasteiger partial charge in [-0.2, -0.15) is 10.5 Å². The lowest BCUT2D eigenvalue weighted by Crippen LogP contribution is -2.13. The Morgan fingerprint density at radius 2 is 1.72 bits per heavy atom. The minimum atomic E-state index is -0.499. The standard InChI is InChI=1S/C26H17ClN4O/c27-22-9-11-23(12-10-22)30-26(32)20(15-29)13-21-17-31(25-8-4-3-7-24(21)25)16-19-6-2-1-5-18(19)14-28/h1-13,17H,16H2,(H,30,32)/b20-13-. The third kappa shape index (κ3) is 4.39. The molecule has 0 fully saturated rings. The van der Waals surface area contributed by atoms with Gasteiger partial charge >= 0.3 is 0 Å². The van der Waals surface area contributed by atoms with Gasteiger partial charge in [0.15, 0.2) is 0 Å². The molecule has 6 heteroatoms. The van der Waals surface area contributed by atoms with Gasteiger partial charge in [-0.1, -0.05) is 48.0 Å². The first-order chi connectivity index (χ1) is 15.6. The van der Waals surface area contributed by atoms with Crippen LogP contribution in [0.2, 0.25) is 5.02 Å². The van der Waals surface area contributed by atoms with Gasteiger partial charge < -0.3 is 9.88 Å². The van der Waals surface area contributed by atoms with E-state index in [1.54, 1.807) is 36.4 Å². The minimum absolute atomic E-state index is 0.0136. The zero-order chi connectivity index (χ0) is 22.5. The third-order valence-corrected chi connectivity index (χ3v) is 5.32. The molecule has 5 nitrogen and oxygen atoms in total. The summed E-state index contributed by atoms with van der Waals surface area (Å²) < 4.78 is 2.02. The second kappa shape index (κ2) is 9.22. The molecule has 0 saturated carbocycles. The molecular weight excluding hydrogens is 420 g/mol. The minimum Gasteiger partial charge on any atom is -0.342 e. The zero-order valence-corrected chi connectivity index (χ0v) is 17.7. The molecule has 0 unspecified atom stereocenters. The molecule has 3 aromatic carbocycles. The number of carbonyl (C=O) groups excluding carboxylic acids is 1. The van der Waals surface area contributed by atoms with Crippen molar-refractivity contribution in [2.45, 2.75) is 6.54 Å². The number of para-hydroxylation sites is 1. The molecule has 0 saturated heterocycles. The smallest absolute Gasteiger partial charge is 0.266 e. The van der Waals surface area contributed by atoms with Crippen LogP contribution >= 0.6 is 11.6 Å². The Morgan fingerprint density at radius 3 is 2.47 bits per heavy atom. The van der Waals surface area contributed by atoms with E-state index in [0.29, 0.717) is 22.8 Å². The number of anilines is 1. The number of benzene rings is 3. The summed E-state index contributed by atoms with van der Waals surface area (Å²) in [6.45, 7) is 0.497. The number of rotatable bonds is 5. The van der Waals surface area contributed by atoms with E-state index in [4.69, 9.17) is 11.6 Å². The van der Waals surface area contributed by atoms with Crippen LogP contribution in [-0.2, 0) is 11.3 Å². The molecule has 0 atom stereocenters. The fourth-order valence-corrected chi connectivity index (χ4v) is 3.63. The van der Waals surface area contributed by atoms with Crippen molar-refractivity contribution in [3.63, 3.8) is 0 Å². The highest BCUT2D eigenvalue weighted by Crippen LogP contribution is 2.25. The quantitative estimate of drug-likeness (QED) is 0.319. The second-order valence-corrected chi connectivity index (χ2v) is 7.57. The third-order valence-electron chi connectivity index (χ3n) is 5.06. The monoisotopic (exact) mass is 436 g/mol. The number of hydrogen-bond donors (Lipinski definition) is 1. The van der Waals surface area contributed by atoms with Crippen molar-refractivity contribution in [1.29, 1.82) is 10.5 Å². The SMILES string of the molecule is N#C/C(=C/c1cn(Cc2ccccc2C#N)c2ccccc12)C(=O)Nc1ccc(Cl)cc1. The Balaban J connectivity index is 1.70. The first kappa shape index (κ1) is 20.9. The molecule has 0 radical (unpaired) electrons. The van der Waals surface area contributed by atoms with Crippen LogP contribution in [0.1, 0.15) is 16.7 Å². The average molecular weight is 437 g/mol. The number of nitrogens with one attached hydrogen (secondary N) is 1. The van der Waals surface area contributed by atoms with Crippen LogP contribution in [-0.4, -0.2) is 10.5 Å². The number of carbonyl (C=O) groups is 1. The molecule has 0 aliphatic carbocycles. The maximum atomic E-state index is 12.7. The lowest BCUT2D eigenvalue weighted by atomic mass is 10.1. The highest BCUT2D eigenvalue weighted by Gasteiger charge is 2.13. The molecule has 1 aromatic heterocycles. The fraction of sp³-hybridized carbons (Fsp3) is 0.0385. The number of halogens is 1. The first-order valence-corrected chi connectivity index (χ1v) is 10.2. The number of aromatic nitrogens is 1. The van der Waals surface area contributed by atoms with Gasteiger partial charge in [0.2, 0.25) is 0 Å². The summed E-state index contributed by atoms with van der Waals surface area (Å²) >= 11 is 5.88. The van der Waals surface area contributed by atoms with Crippen LogP contribution in [0.3, 0.4) is 0 Å². The van der Waals surface area contributed by atoms with E-state index < -0.39 is 5.91 Å². The molecule has 1 N–H and O–H groups in total. The van der Waals surface area contributed by atoms with Crippen LogP contribution in [0.15, 0.2) is 84.6 Å². The summed E-state index contributed by atoms with van der Waals surface area (Å²) in [5.74, 6) is -0.499. The van der Waals surface area contributed by atoms with E-state index in [9.17, 15) is 15.3 Å². The predicted molar refractivity (Wildman–Crippen MR) is 126 cm³/mol. The van der Waals surface area contributed by atoms with Crippen molar-refractivity contribution in [2.24, 2.45) is 0 Å². The van der Waals surface area contributed by atoms with E-state index in [2.05, 4.69) is 11.4 Å².